The molecule has 0 spiro atoms. The van der Waals surface area contributed by atoms with E-state index in [1.54, 1.807) is 13.0 Å². The number of benzene rings is 2. The van der Waals surface area contributed by atoms with Gasteiger partial charge in [-0.25, -0.2) is 12.8 Å². The van der Waals surface area contributed by atoms with Gasteiger partial charge in [0, 0.05) is 29.6 Å². The van der Waals surface area contributed by atoms with Crippen molar-refractivity contribution >= 4 is 21.3 Å². The number of hydrogen-bond donors (Lipinski definition) is 1. The third-order valence-electron chi connectivity index (χ3n) is 3.85. The number of rotatable bonds is 8. The molecule has 0 aliphatic heterocycles. The summed E-state index contributed by atoms with van der Waals surface area (Å²) in [7, 11) is -2.06. The number of Topliss-reactive ketones (excluding diaryl/α,β-unsaturated/α-hetero) is 1. The van der Waals surface area contributed by atoms with Gasteiger partial charge in [0.05, 0.1) is 18.6 Å². The Bertz CT molecular complexity index is 943. The van der Waals surface area contributed by atoms with Crippen molar-refractivity contribution in [3.8, 4) is 11.5 Å². The highest BCUT2D eigenvalue weighted by molar-refractivity contribution is 7.90. The number of ether oxygens (including phenoxy) is 2. The predicted molar refractivity (Wildman–Crippen MR) is 101 cm³/mol. The minimum atomic E-state index is -3.48. The molecule has 2 aromatic carbocycles. The molecule has 0 aromatic heterocycles. The fourth-order valence-electron chi connectivity index (χ4n) is 2.58. The van der Waals surface area contributed by atoms with E-state index < -0.39 is 21.7 Å². The molecule has 1 unspecified atom stereocenters. The first kappa shape index (κ1) is 20.7. The van der Waals surface area contributed by atoms with E-state index in [4.69, 9.17) is 9.47 Å². The van der Waals surface area contributed by atoms with Gasteiger partial charge in [-0.05, 0) is 38.1 Å². The van der Waals surface area contributed by atoms with Crippen LogP contribution in [-0.4, -0.2) is 34.2 Å². The maximum absolute atomic E-state index is 13.6. The molecule has 27 heavy (non-hydrogen) atoms. The highest BCUT2D eigenvalue weighted by Crippen LogP contribution is 2.32. The lowest BCUT2D eigenvalue weighted by atomic mass is 10.0. The molecule has 0 amide bonds. The van der Waals surface area contributed by atoms with Gasteiger partial charge in [0.2, 0.25) is 0 Å². The van der Waals surface area contributed by atoms with Gasteiger partial charge < -0.3 is 14.8 Å². The number of halogens is 1. The van der Waals surface area contributed by atoms with Gasteiger partial charge >= 0.3 is 0 Å². The Labute approximate surface area is 158 Å². The third kappa shape index (κ3) is 5.19. The summed E-state index contributed by atoms with van der Waals surface area (Å²) < 4.78 is 48.0. The monoisotopic (exact) mass is 395 g/mol. The largest absolute Gasteiger partial charge is 0.497 e. The second kappa shape index (κ2) is 8.39. The van der Waals surface area contributed by atoms with E-state index in [1.165, 1.54) is 44.4 Å². The molecule has 0 fully saturated rings. The minimum absolute atomic E-state index is 0.0517. The molecule has 2 rings (SSSR count). The zero-order valence-electron chi connectivity index (χ0n) is 15.6. The van der Waals surface area contributed by atoms with Crippen molar-refractivity contribution in [3.05, 3.63) is 47.8 Å². The predicted octanol–water partition coefficient (Wildman–Crippen LogP) is 3.38. The summed E-state index contributed by atoms with van der Waals surface area (Å²) in [6.45, 7) is 3.44. The number of ketones is 1. The highest BCUT2D eigenvalue weighted by atomic mass is 32.2. The molecule has 0 bridgehead atoms. The lowest BCUT2D eigenvalue weighted by Gasteiger charge is -2.21. The van der Waals surface area contributed by atoms with Crippen LogP contribution in [0.3, 0.4) is 0 Å². The molecule has 0 saturated carbocycles. The van der Waals surface area contributed by atoms with Crippen LogP contribution >= 0.6 is 0 Å². The highest BCUT2D eigenvalue weighted by Gasteiger charge is 2.22. The summed E-state index contributed by atoms with van der Waals surface area (Å²) in [5.41, 5.74) is 0.830. The van der Waals surface area contributed by atoms with Crippen LogP contribution in [0.1, 0.15) is 25.5 Å². The minimum Gasteiger partial charge on any atom is -0.497 e. The van der Waals surface area contributed by atoms with Gasteiger partial charge in [0.15, 0.2) is 15.6 Å². The summed E-state index contributed by atoms with van der Waals surface area (Å²) in [4.78, 5) is 12.3. The first-order valence-corrected chi connectivity index (χ1v) is 10.1. The zero-order valence-corrected chi connectivity index (χ0v) is 16.4. The fraction of sp³-hybridized carbons (Fsp3) is 0.316. The SMILES string of the molecule is CCOc1cc(F)ccc1C(Nc1cc(OC)cc(S(C)(=O)=O)c1)C(C)=O. The van der Waals surface area contributed by atoms with Gasteiger partial charge in [0.25, 0.3) is 0 Å². The van der Waals surface area contributed by atoms with Crippen LogP contribution in [0, 0.1) is 5.82 Å². The van der Waals surface area contributed by atoms with Crippen molar-refractivity contribution in [1.82, 2.24) is 0 Å². The number of methoxy groups -OCH3 is 1. The van der Waals surface area contributed by atoms with Crippen LogP contribution in [0.4, 0.5) is 10.1 Å². The zero-order chi connectivity index (χ0) is 20.2. The standard InChI is InChI=1S/C19H22FNO5S/c1-5-26-18-8-13(20)6-7-17(18)19(12(2)22)21-14-9-15(25-3)11-16(10-14)27(4,23)24/h6-11,19,21H,5H2,1-4H3. The number of carbonyl (C=O) groups excluding carboxylic acids is 1. The van der Waals surface area contributed by atoms with E-state index in [-0.39, 0.29) is 16.4 Å². The van der Waals surface area contributed by atoms with Crippen molar-refractivity contribution < 1.29 is 27.1 Å². The molecule has 0 saturated heterocycles. The van der Waals surface area contributed by atoms with Crippen LogP contribution in [-0.2, 0) is 14.6 Å². The van der Waals surface area contributed by atoms with E-state index in [1.807, 2.05) is 0 Å². The molecule has 146 valence electrons. The number of carbonyl (C=O) groups is 1. The molecule has 2 aromatic rings. The third-order valence-corrected chi connectivity index (χ3v) is 4.94. The van der Waals surface area contributed by atoms with Gasteiger partial charge in [-0.2, -0.15) is 0 Å². The Balaban J connectivity index is 2.51. The molecule has 8 heteroatoms. The van der Waals surface area contributed by atoms with Crippen LogP contribution in [0.5, 0.6) is 11.5 Å². The molecule has 0 heterocycles. The molecular formula is C19H22FNO5S. The first-order valence-electron chi connectivity index (χ1n) is 8.24. The lowest BCUT2D eigenvalue weighted by molar-refractivity contribution is -0.117. The van der Waals surface area contributed by atoms with Crippen LogP contribution in [0.2, 0.25) is 0 Å². The van der Waals surface area contributed by atoms with E-state index in [0.29, 0.717) is 23.6 Å². The van der Waals surface area contributed by atoms with Crippen molar-refractivity contribution in [2.45, 2.75) is 24.8 Å². The Hall–Kier alpha value is -2.61. The van der Waals surface area contributed by atoms with E-state index in [9.17, 15) is 17.6 Å². The topological polar surface area (TPSA) is 81.7 Å². The maximum Gasteiger partial charge on any atom is 0.175 e. The molecular weight excluding hydrogens is 373 g/mol. The summed E-state index contributed by atoms with van der Waals surface area (Å²) in [5, 5.41) is 3.00. The molecule has 0 radical (unpaired) electrons. The average Bonchev–Trinajstić information content (AvgIpc) is 2.59. The summed E-state index contributed by atoms with van der Waals surface area (Å²) >= 11 is 0. The van der Waals surface area contributed by atoms with Gasteiger partial charge in [-0.15, -0.1) is 0 Å². The summed E-state index contributed by atoms with van der Waals surface area (Å²) in [5.74, 6) is -0.153. The van der Waals surface area contributed by atoms with Crippen LogP contribution in [0.25, 0.3) is 0 Å². The smallest absolute Gasteiger partial charge is 0.175 e. The average molecular weight is 395 g/mol. The molecule has 6 nitrogen and oxygen atoms in total. The molecule has 1 atom stereocenters. The van der Waals surface area contributed by atoms with Crippen molar-refractivity contribution in [2.24, 2.45) is 0 Å². The molecule has 0 aliphatic rings. The van der Waals surface area contributed by atoms with Gasteiger partial charge in [-0.1, -0.05) is 0 Å². The summed E-state index contributed by atoms with van der Waals surface area (Å²) in [6.07, 6.45) is 1.08. The van der Waals surface area contributed by atoms with Crippen LogP contribution < -0.4 is 14.8 Å². The summed E-state index contributed by atoms with van der Waals surface area (Å²) in [6, 6.07) is 7.45. The second-order valence-corrected chi connectivity index (χ2v) is 7.99. The van der Waals surface area contributed by atoms with Crippen molar-refractivity contribution in [1.29, 1.82) is 0 Å². The lowest BCUT2D eigenvalue weighted by Crippen LogP contribution is -2.20. The number of sulfone groups is 1. The van der Waals surface area contributed by atoms with E-state index >= 15 is 0 Å². The maximum atomic E-state index is 13.6. The molecule has 0 aliphatic carbocycles. The van der Waals surface area contributed by atoms with Crippen LogP contribution in [0.15, 0.2) is 41.3 Å². The van der Waals surface area contributed by atoms with Crippen molar-refractivity contribution in [2.75, 3.05) is 25.3 Å². The van der Waals surface area contributed by atoms with Gasteiger partial charge in [0.1, 0.15) is 23.4 Å². The van der Waals surface area contributed by atoms with Crippen molar-refractivity contribution in [3.63, 3.8) is 0 Å². The van der Waals surface area contributed by atoms with Gasteiger partial charge in [-0.3, -0.25) is 4.79 Å². The fourth-order valence-corrected chi connectivity index (χ4v) is 3.25. The Morgan fingerprint density at radius 2 is 1.93 bits per heavy atom. The second-order valence-electron chi connectivity index (χ2n) is 5.97. The Morgan fingerprint density at radius 3 is 2.48 bits per heavy atom. The molecule has 1 N–H and O–H groups in total. The normalized spacial score (nSPS) is 12.3. The van der Waals surface area contributed by atoms with E-state index in [0.717, 1.165) is 6.26 Å². The number of anilines is 1. The number of hydrogen-bond acceptors (Lipinski definition) is 6. The Kier molecular flexibility index (Phi) is 6.43. The Morgan fingerprint density at radius 1 is 1.22 bits per heavy atom. The van der Waals surface area contributed by atoms with E-state index in [2.05, 4.69) is 5.32 Å². The quantitative estimate of drug-likeness (QED) is 0.738. The number of nitrogens with one attached hydrogen (secondary N) is 1. The first-order chi connectivity index (χ1) is 12.7.